The average Bonchev–Trinajstić information content (AvgIpc) is 3.25. The smallest absolute Gasteiger partial charge is 0.137 e. The Hall–Kier alpha value is -0.870. The number of hydrogen-bond acceptors (Lipinski definition) is 4. The molecule has 0 bridgehead atoms. The maximum atomic E-state index is 9.09. The van der Waals surface area contributed by atoms with Crippen molar-refractivity contribution in [3.05, 3.63) is 16.5 Å². The minimum atomic E-state index is 0.262. The molecule has 0 saturated heterocycles. The second kappa shape index (κ2) is 4.91. The summed E-state index contributed by atoms with van der Waals surface area (Å²) in [5.41, 5.74) is 1.20. The van der Waals surface area contributed by atoms with E-state index in [0.717, 1.165) is 30.2 Å². The average molecular weight is 282 g/mol. The molecule has 104 valence electrons. The van der Waals surface area contributed by atoms with Crippen molar-refractivity contribution >= 4 is 17.4 Å². The highest BCUT2D eigenvalue weighted by Crippen LogP contribution is 2.48. The highest BCUT2D eigenvalue weighted by molar-refractivity contribution is 6.30. The van der Waals surface area contributed by atoms with Crippen molar-refractivity contribution in [2.24, 2.45) is 5.41 Å². The lowest BCUT2D eigenvalue weighted by molar-refractivity contribution is 0.253. The summed E-state index contributed by atoms with van der Waals surface area (Å²) in [5.74, 6) is 2.25. The van der Waals surface area contributed by atoms with Crippen molar-refractivity contribution in [2.75, 3.05) is 18.5 Å². The normalized spacial score (nSPS) is 20.4. The van der Waals surface area contributed by atoms with Gasteiger partial charge in [0.2, 0.25) is 0 Å². The van der Waals surface area contributed by atoms with Crippen LogP contribution in [0.2, 0.25) is 5.15 Å². The Kier molecular flexibility index (Phi) is 3.39. The van der Waals surface area contributed by atoms with Crippen LogP contribution in [0.5, 0.6) is 0 Å². The van der Waals surface area contributed by atoms with E-state index in [1.54, 1.807) is 0 Å². The van der Waals surface area contributed by atoms with Crippen molar-refractivity contribution < 1.29 is 5.11 Å². The van der Waals surface area contributed by atoms with Crippen molar-refractivity contribution in [1.29, 1.82) is 0 Å². The number of aliphatic hydroxyl groups is 1. The molecule has 4 nitrogen and oxygen atoms in total. The SMILES string of the molecule is Cc1c(Cl)nc(C2CC2)nc1NCC1(CCO)CC1. The van der Waals surface area contributed by atoms with E-state index in [0.29, 0.717) is 11.1 Å². The lowest BCUT2D eigenvalue weighted by atomic mass is 10.0. The first-order valence-electron chi connectivity index (χ1n) is 7.02. The van der Waals surface area contributed by atoms with Crippen LogP contribution in [0.15, 0.2) is 0 Å². The summed E-state index contributed by atoms with van der Waals surface area (Å²) >= 11 is 6.19. The minimum Gasteiger partial charge on any atom is -0.396 e. The molecular formula is C14H20ClN3O. The predicted molar refractivity (Wildman–Crippen MR) is 75.6 cm³/mol. The molecule has 2 aliphatic carbocycles. The first-order valence-corrected chi connectivity index (χ1v) is 7.40. The van der Waals surface area contributed by atoms with Crippen LogP contribution in [-0.4, -0.2) is 28.2 Å². The van der Waals surface area contributed by atoms with Gasteiger partial charge < -0.3 is 10.4 Å². The molecule has 1 heterocycles. The fourth-order valence-electron chi connectivity index (χ4n) is 2.40. The molecule has 0 aromatic carbocycles. The first-order chi connectivity index (χ1) is 9.13. The first kappa shape index (κ1) is 13.1. The van der Waals surface area contributed by atoms with E-state index >= 15 is 0 Å². The fourth-order valence-corrected chi connectivity index (χ4v) is 2.58. The zero-order valence-corrected chi connectivity index (χ0v) is 12.0. The van der Waals surface area contributed by atoms with Gasteiger partial charge in [0, 0.05) is 24.6 Å². The van der Waals surface area contributed by atoms with E-state index in [1.165, 1.54) is 25.7 Å². The Bertz CT molecular complexity index is 484. The van der Waals surface area contributed by atoms with E-state index in [1.807, 2.05) is 6.92 Å². The molecule has 0 radical (unpaired) electrons. The zero-order valence-electron chi connectivity index (χ0n) is 11.2. The zero-order chi connectivity index (χ0) is 13.5. The number of rotatable bonds is 6. The molecule has 0 spiro atoms. The molecule has 0 atom stereocenters. The van der Waals surface area contributed by atoms with Gasteiger partial charge in [0.1, 0.15) is 16.8 Å². The molecule has 2 aliphatic rings. The number of nitrogens with zero attached hydrogens (tertiary/aromatic N) is 2. The standard InChI is InChI=1S/C14H20ClN3O/c1-9-11(15)17-13(10-2-3-10)18-12(9)16-8-14(4-5-14)6-7-19/h10,19H,2-8H2,1H3,(H,16,17,18). The van der Waals surface area contributed by atoms with Crippen LogP contribution < -0.4 is 5.32 Å². The second-order valence-corrected chi connectivity index (χ2v) is 6.31. The van der Waals surface area contributed by atoms with Crippen molar-refractivity contribution in [3.8, 4) is 0 Å². The second-order valence-electron chi connectivity index (χ2n) is 5.95. The van der Waals surface area contributed by atoms with Gasteiger partial charge in [-0.1, -0.05) is 11.6 Å². The molecule has 5 heteroatoms. The molecule has 2 saturated carbocycles. The number of hydrogen-bond donors (Lipinski definition) is 2. The van der Waals surface area contributed by atoms with Gasteiger partial charge in [-0.25, -0.2) is 9.97 Å². The maximum Gasteiger partial charge on any atom is 0.137 e. The van der Waals surface area contributed by atoms with Gasteiger partial charge in [-0.3, -0.25) is 0 Å². The molecular weight excluding hydrogens is 262 g/mol. The van der Waals surface area contributed by atoms with Crippen LogP contribution in [0, 0.1) is 12.3 Å². The van der Waals surface area contributed by atoms with Crippen LogP contribution in [0.1, 0.15) is 49.4 Å². The quantitative estimate of drug-likeness (QED) is 0.787. The van der Waals surface area contributed by atoms with Gasteiger partial charge in [0.25, 0.3) is 0 Å². The Balaban J connectivity index is 1.72. The number of anilines is 1. The van der Waals surface area contributed by atoms with Crippen molar-refractivity contribution in [1.82, 2.24) is 9.97 Å². The van der Waals surface area contributed by atoms with E-state index in [-0.39, 0.29) is 12.0 Å². The van der Waals surface area contributed by atoms with Crippen molar-refractivity contribution in [3.63, 3.8) is 0 Å². The molecule has 1 aromatic rings. The van der Waals surface area contributed by atoms with E-state index in [9.17, 15) is 0 Å². The van der Waals surface area contributed by atoms with Gasteiger partial charge in [-0.05, 0) is 44.4 Å². The lowest BCUT2D eigenvalue weighted by Gasteiger charge is -2.17. The summed E-state index contributed by atoms with van der Waals surface area (Å²) in [6.45, 7) is 3.08. The third-order valence-corrected chi connectivity index (χ3v) is 4.64. The molecule has 0 amide bonds. The third kappa shape index (κ3) is 2.84. The third-order valence-electron chi connectivity index (χ3n) is 4.28. The summed E-state index contributed by atoms with van der Waals surface area (Å²) in [6.07, 6.45) is 5.59. The van der Waals surface area contributed by atoms with Gasteiger partial charge in [0.15, 0.2) is 0 Å². The largest absolute Gasteiger partial charge is 0.396 e. The summed E-state index contributed by atoms with van der Waals surface area (Å²) in [7, 11) is 0. The van der Waals surface area contributed by atoms with Crippen LogP contribution in [-0.2, 0) is 0 Å². The highest BCUT2D eigenvalue weighted by atomic mass is 35.5. The summed E-state index contributed by atoms with van der Waals surface area (Å²) < 4.78 is 0. The monoisotopic (exact) mass is 281 g/mol. The maximum absolute atomic E-state index is 9.09. The predicted octanol–water partition coefficient (Wildman–Crippen LogP) is 2.89. The topological polar surface area (TPSA) is 58.0 Å². The van der Waals surface area contributed by atoms with Gasteiger partial charge in [0.05, 0.1) is 0 Å². The molecule has 0 unspecified atom stereocenters. The lowest BCUT2D eigenvalue weighted by Crippen LogP contribution is -2.18. The molecule has 0 aliphatic heterocycles. The number of nitrogens with one attached hydrogen (secondary N) is 1. The Morgan fingerprint density at radius 3 is 2.68 bits per heavy atom. The molecule has 3 rings (SSSR count). The van der Waals surface area contributed by atoms with Gasteiger partial charge in [-0.15, -0.1) is 0 Å². The molecule has 2 fully saturated rings. The number of aromatic nitrogens is 2. The Morgan fingerprint density at radius 2 is 2.11 bits per heavy atom. The van der Waals surface area contributed by atoms with E-state index in [2.05, 4.69) is 15.3 Å². The van der Waals surface area contributed by atoms with Gasteiger partial charge in [-0.2, -0.15) is 0 Å². The summed E-state index contributed by atoms with van der Waals surface area (Å²) in [6, 6.07) is 0. The number of halogens is 1. The highest BCUT2D eigenvalue weighted by Gasteiger charge is 2.41. The van der Waals surface area contributed by atoms with Crippen molar-refractivity contribution in [2.45, 2.75) is 44.9 Å². The van der Waals surface area contributed by atoms with E-state index in [4.69, 9.17) is 16.7 Å². The summed E-state index contributed by atoms with van der Waals surface area (Å²) in [4.78, 5) is 8.98. The molecule has 1 aromatic heterocycles. The molecule has 19 heavy (non-hydrogen) atoms. The van der Waals surface area contributed by atoms with Crippen LogP contribution in [0.3, 0.4) is 0 Å². The van der Waals surface area contributed by atoms with Crippen LogP contribution in [0.4, 0.5) is 5.82 Å². The summed E-state index contributed by atoms with van der Waals surface area (Å²) in [5, 5.41) is 13.1. The van der Waals surface area contributed by atoms with Crippen LogP contribution in [0.25, 0.3) is 0 Å². The van der Waals surface area contributed by atoms with Gasteiger partial charge >= 0.3 is 0 Å². The molecule has 2 N–H and O–H groups in total. The Labute approximate surface area is 118 Å². The minimum absolute atomic E-state index is 0.262. The van der Waals surface area contributed by atoms with E-state index < -0.39 is 0 Å². The number of aliphatic hydroxyl groups excluding tert-OH is 1. The van der Waals surface area contributed by atoms with Crippen LogP contribution >= 0.6 is 11.6 Å². The Morgan fingerprint density at radius 1 is 1.37 bits per heavy atom. The fraction of sp³-hybridized carbons (Fsp3) is 0.714.